The second-order valence-electron chi connectivity index (χ2n) is 5.13. The Balaban J connectivity index is 2.75. The van der Waals surface area contributed by atoms with Gasteiger partial charge >= 0.3 is 6.48 Å². The molecule has 0 aromatic carbocycles. The van der Waals surface area contributed by atoms with Crippen LogP contribution in [0.4, 0.5) is 0 Å². The first kappa shape index (κ1) is 13.3. The molecule has 0 saturated heterocycles. The molecule has 16 heavy (non-hydrogen) atoms. The number of allylic oxidation sites excluding steroid dienone is 2. The average molecular weight is 223 g/mol. The predicted octanol–water partition coefficient (Wildman–Crippen LogP) is 2.50. The third-order valence-corrected chi connectivity index (χ3v) is 3.37. The normalized spacial score (nSPS) is 18.8. The fourth-order valence-corrected chi connectivity index (χ4v) is 2.66. The Hall–Kier alpha value is -0.725. The first-order chi connectivity index (χ1) is 7.62. The number of nitrogens with one attached hydrogen (secondary N) is 1. The standard InChI is InChI=1S/C13H26BNO/c1-5-7-9-14(10-8-6-2)15-12(3)11-13(4)16-14/h11,15H,5-10H2,1-4H3. The van der Waals surface area contributed by atoms with Crippen molar-refractivity contribution in [1.29, 1.82) is 0 Å². The van der Waals surface area contributed by atoms with Crippen LogP contribution in [0.15, 0.2) is 11.8 Å². The van der Waals surface area contributed by atoms with Crippen LogP contribution in [0.3, 0.4) is 0 Å². The van der Waals surface area contributed by atoms with Gasteiger partial charge in [0.25, 0.3) is 0 Å². The van der Waals surface area contributed by atoms with E-state index in [1.165, 1.54) is 44.0 Å². The van der Waals surface area contributed by atoms with Crippen LogP contribution >= 0.6 is 0 Å². The summed E-state index contributed by atoms with van der Waals surface area (Å²) in [4.78, 5) is 3.61. The monoisotopic (exact) mass is 223 g/mol. The maximum Gasteiger partial charge on any atom is 0.448 e. The first-order valence-corrected chi connectivity index (χ1v) is 6.79. The van der Waals surface area contributed by atoms with Crippen molar-refractivity contribution in [2.45, 2.75) is 66.0 Å². The number of hydrogen-bond donors (Lipinski definition) is 1. The van der Waals surface area contributed by atoms with Gasteiger partial charge in [0.1, 0.15) is 5.71 Å². The minimum absolute atomic E-state index is 0.839. The average Bonchev–Trinajstić information content (AvgIpc) is 2.22. The fraction of sp³-hybridized carbons (Fsp3) is 0.769. The van der Waals surface area contributed by atoms with Crippen molar-refractivity contribution in [2.75, 3.05) is 0 Å². The molecule has 1 aliphatic heterocycles. The number of unbranched alkanes of at least 4 members (excludes halogenated alkanes) is 2. The zero-order valence-electron chi connectivity index (χ0n) is 11.3. The van der Waals surface area contributed by atoms with Gasteiger partial charge in [-0.3, -0.25) is 0 Å². The minimum Gasteiger partial charge on any atom is -0.662 e. The molecule has 0 fully saturated rings. The molecule has 0 aromatic rings. The van der Waals surface area contributed by atoms with Crippen LogP contribution in [0.2, 0.25) is 12.6 Å². The van der Waals surface area contributed by atoms with Crippen molar-refractivity contribution in [1.82, 2.24) is 0 Å². The summed E-state index contributed by atoms with van der Waals surface area (Å²) in [6.45, 7) is 7.85. The summed E-state index contributed by atoms with van der Waals surface area (Å²) in [5.41, 5.74) is 1.26. The van der Waals surface area contributed by atoms with E-state index < -0.39 is 6.48 Å². The summed E-state index contributed by atoms with van der Waals surface area (Å²) in [5, 5.41) is 0. The maximum absolute atomic E-state index is 6.14. The third kappa shape index (κ3) is 3.69. The zero-order chi connectivity index (χ0) is 12.0. The highest BCUT2D eigenvalue weighted by Crippen LogP contribution is 2.20. The topological polar surface area (TPSA) is 23.2 Å². The van der Waals surface area contributed by atoms with Gasteiger partial charge in [0.15, 0.2) is 0 Å². The molecule has 1 N–H and O–H groups in total. The molecule has 0 bridgehead atoms. The molecule has 0 aromatic heterocycles. The van der Waals surface area contributed by atoms with Gasteiger partial charge in [-0.05, 0) is 6.92 Å². The molecule has 0 atom stereocenters. The van der Waals surface area contributed by atoms with E-state index in [4.69, 9.17) is 4.65 Å². The highest BCUT2D eigenvalue weighted by atomic mass is 16.5. The highest BCUT2D eigenvalue weighted by Gasteiger charge is 2.37. The van der Waals surface area contributed by atoms with Crippen molar-refractivity contribution in [3.63, 3.8) is 0 Å². The van der Waals surface area contributed by atoms with Crippen LogP contribution < -0.4 is 4.90 Å². The van der Waals surface area contributed by atoms with Gasteiger partial charge in [0.2, 0.25) is 0 Å². The lowest BCUT2D eigenvalue weighted by atomic mass is 9.45. The first-order valence-electron chi connectivity index (χ1n) is 6.79. The molecule has 0 amide bonds. The molecule has 1 aliphatic rings. The predicted molar refractivity (Wildman–Crippen MR) is 71.7 cm³/mol. The Morgan fingerprint density at radius 3 is 2.12 bits per heavy atom. The summed E-state index contributed by atoms with van der Waals surface area (Å²) in [5.74, 6) is 1.07. The lowest BCUT2D eigenvalue weighted by Crippen LogP contribution is -2.93. The van der Waals surface area contributed by atoms with Crippen molar-refractivity contribution in [3.8, 4) is 0 Å². The van der Waals surface area contributed by atoms with Crippen molar-refractivity contribution < 1.29 is 9.56 Å². The van der Waals surface area contributed by atoms with E-state index in [9.17, 15) is 0 Å². The molecule has 0 saturated carbocycles. The Kier molecular flexibility index (Phi) is 5.10. The van der Waals surface area contributed by atoms with Crippen LogP contribution in [0, 0.1) is 0 Å². The summed E-state index contributed by atoms with van der Waals surface area (Å²) >= 11 is 0. The molecule has 0 radical (unpaired) electrons. The van der Waals surface area contributed by atoms with Crippen LogP contribution in [-0.2, 0) is 4.65 Å². The number of rotatable bonds is 6. The van der Waals surface area contributed by atoms with E-state index in [0.717, 1.165) is 5.76 Å². The molecule has 0 aliphatic carbocycles. The molecule has 92 valence electrons. The molecule has 1 rings (SSSR count). The van der Waals surface area contributed by atoms with Gasteiger partial charge in [-0.15, -0.1) is 0 Å². The van der Waals surface area contributed by atoms with Crippen LogP contribution in [-0.4, -0.2) is 12.2 Å². The van der Waals surface area contributed by atoms with Gasteiger partial charge in [-0.2, -0.15) is 0 Å². The fourth-order valence-electron chi connectivity index (χ4n) is 2.66. The smallest absolute Gasteiger partial charge is 0.448 e. The van der Waals surface area contributed by atoms with Gasteiger partial charge in [0, 0.05) is 13.0 Å². The summed E-state index contributed by atoms with van der Waals surface area (Å²) < 4.78 is 6.14. The molecular formula is C13H26BNO. The molecule has 0 unspecified atom stereocenters. The molecular weight excluding hydrogens is 197 g/mol. The van der Waals surface area contributed by atoms with E-state index in [-0.39, 0.29) is 0 Å². The second-order valence-corrected chi connectivity index (χ2v) is 5.13. The second kappa shape index (κ2) is 6.12. The van der Waals surface area contributed by atoms with Crippen LogP contribution in [0.25, 0.3) is 0 Å². The quantitative estimate of drug-likeness (QED) is 0.687. The molecule has 0 spiro atoms. The maximum atomic E-state index is 6.14. The Bertz CT molecular complexity index is 276. The molecule has 3 heteroatoms. The SMILES string of the molecule is CCCC[B-]1(CCCC)[NH+]=C(C)C=C(C)O1. The summed E-state index contributed by atoms with van der Waals surface area (Å²) in [6, 6.07) is 0. The van der Waals surface area contributed by atoms with E-state index in [0.29, 0.717) is 0 Å². The van der Waals surface area contributed by atoms with Crippen LogP contribution in [0.5, 0.6) is 0 Å². The lowest BCUT2D eigenvalue weighted by Gasteiger charge is -2.35. The Morgan fingerprint density at radius 2 is 1.69 bits per heavy atom. The van der Waals surface area contributed by atoms with Crippen LogP contribution in [0.1, 0.15) is 53.4 Å². The summed E-state index contributed by atoms with van der Waals surface area (Å²) in [6.07, 6.45) is 9.40. The minimum atomic E-state index is -0.839. The number of hydrogen-bond acceptors (Lipinski definition) is 1. The van der Waals surface area contributed by atoms with E-state index >= 15 is 0 Å². The van der Waals surface area contributed by atoms with Crippen molar-refractivity contribution >= 4 is 12.2 Å². The Labute approximate surface area is 100 Å². The summed E-state index contributed by atoms with van der Waals surface area (Å²) in [7, 11) is 0. The Morgan fingerprint density at radius 1 is 1.12 bits per heavy atom. The van der Waals surface area contributed by atoms with Gasteiger partial charge in [-0.1, -0.05) is 52.2 Å². The van der Waals surface area contributed by atoms with Crippen molar-refractivity contribution in [3.05, 3.63) is 11.8 Å². The van der Waals surface area contributed by atoms with Gasteiger partial charge in [0.05, 0.1) is 5.76 Å². The van der Waals surface area contributed by atoms with E-state index in [2.05, 4.69) is 38.7 Å². The zero-order valence-corrected chi connectivity index (χ0v) is 11.3. The van der Waals surface area contributed by atoms with Crippen molar-refractivity contribution in [2.24, 2.45) is 0 Å². The van der Waals surface area contributed by atoms with E-state index in [1.807, 2.05) is 0 Å². The lowest BCUT2D eigenvalue weighted by molar-refractivity contribution is -0.334. The van der Waals surface area contributed by atoms with Gasteiger partial charge < -0.3 is 9.56 Å². The highest BCUT2D eigenvalue weighted by molar-refractivity contribution is 6.65. The largest absolute Gasteiger partial charge is 0.662 e. The van der Waals surface area contributed by atoms with E-state index in [1.54, 1.807) is 0 Å². The molecule has 1 heterocycles. The van der Waals surface area contributed by atoms with Gasteiger partial charge in [-0.25, -0.2) is 0 Å². The molecule has 2 nitrogen and oxygen atoms in total. The third-order valence-electron chi connectivity index (χ3n) is 3.37.